The van der Waals surface area contributed by atoms with Crippen molar-refractivity contribution in [2.75, 3.05) is 11.9 Å². The molecule has 2 N–H and O–H groups in total. The summed E-state index contributed by atoms with van der Waals surface area (Å²) in [6, 6.07) is 9.34. The molecule has 21 heavy (non-hydrogen) atoms. The van der Waals surface area contributed by atoms with E-state index in [9.17, 15) is 4.79 Å². The Hall–Kier alpha value is -1.91. The van der Waals surface area contributed by atoms with Crippen LogP contribution in [-0.2, 0) is 4.79 Å². The molecular weight excluding hydrogens is 286 g/mol. The number of aromatic nitrogens is 1. The van der Waals surface area contributed by atoms with Crippen molar-refractivity contribution in [2.24, 2.45) is 0 Å². The van der Waals surface area contributed by atoms with Gasteiger partial charge in [0.05, 0.1) is 6.54 Å². The van der Waals surface area contributed by atoms with E-state index in [1.807, 2.05) is 32.0 Å². The highest BCUT2D eigenvalue weighted by Crippen LogP contribution is 2.20. The smallest absolute Gasteiger partial charge is 0.238 e. The maximum Gasteiger partial charge on any atom is 0.238 e. The van der Waals surface area contributed by atoms with Gasteiger partial charge in [0.15, 0.2) is 0 Å². The summed E-state index contributed by atoms with van der Waals surface area (Å²) in [5.41, 5.74) is 2.76. The molecule has 4 nitrogen and oxygen atoms in total. The Morgan fingerprint density at radius 2 is 2.19 bits per heavy atom. The van der Waals surface area contributed by atoms with Crippen molar-refractivity contribution in [3.63, 3.8) is 0 Å². The fourth-order valence-electron chi connectivity index (χ4n) is 1.92. The first-order valence-corrected chi connectivity index (χ1v) is 7.13. The van der Waals surface area contributed by atoms with Gasteiger partial charge in [-0.3, -0.25) is 9.78 Å². The normalized spacial score (nSPS) is 12.0. The van der Waals surface area contributed by atoms with Gasteiger partial charge >= 0.3 is 0 Å². The molecule has 0 aliphatic heterocycles. The Morgan fingerprint density at radius 3 is 2.90 bits per heavy atom. The fourth-order valence-corrected chi connectivity index (χ4v) is 2.09. The average molecular weight is 304 g/mol. The standard InChI is InChI=1S/C16H18ClN3O/c1-11-5-6-14(17)8-15(11)20-16(21)10-19-12(2)13-4-3-7-18-9-13/h3-9,12,19H,10H2,1-2H3,(H,20,21)/t12-/m1/s1. The first-order valence-electron chi connectivity index (χ1n) is 6.75. The largest absolute Gasteiger partial charge is 0.325 e. The van der Waals surface area contributed by atoms with Gasteiger partial charge < -0.3 is 10.6 Å². The molecule has 2 rings (SSSR count). The number of aryl methyl sites for hydroxylation is 1. The van der Waals surface area contributed by atoms with E-state index in [1.54, 1.807) is 24.5 Å². The molecule has 1 aromatic carbocycles. The lowest BCUT2D eigenvalue weighted by Gasteiger charge is -2.14. The van der Waals surface area contributed by atoms with Gasteiger partial charge in [-0.05, 0) is 43.2 Å². The van der Waals surface area contributed by atoms with Crippen molar-refractivity contribution in [1.29, 1.82) is 0 Å². The van der Waals surface area contributed by atoms with Crippen LogP contribution < -0.4 is 10.6 Å². The summed E-state index contributed by atoms with van der Waals surface area (Å²) in [7, 11) is 0. The molecule has 1 heterocycles. The molecule has 2 aromatic rings. The highest BCUT2D eigenvalue weighted by molar-refractivity contribution is 6.31. The molecule has 0 spiro atoms. The summed E-state index contributed by atoms with van der Waals surface area (Å²) >= 11 is 5.93. The number of hydrogen-bond acceptors (Lipinski definition) is 3. The molecule has 5 heteroatoms. The van der Waals surface area contributed by atoms with Gasteiger partial charge in [-0.15, -0.1) is 0 Å². The van der Waals surface area contributed by atoms with Crippen LogP contribution in [0.5, 0.6) is 0 Å². The topological polar surface area (TPSA) is 54.0 Å². The van der Waals surface area contributed by atoms with Crippen molar-refractivity contribution in [3.05, 3.63) is 58.9 Å². The Balaban J connectivity index is 1.89. The minimum absolute atomic E-state index is 0.0601. The third kappa shape index (κ3) is 4.55. The second-order valence-electron chi connectivity index (χ2n) is 4.90. The maximum absolute atomic E-state index is 12.0. The SMILES string of the molecule is Cc1ccc(Cl)cc1NC(=O)CN[C@H](C)c1cccnc1. The molecule has 0 saturated heterocycles. The molecule has 1 amide bonds. The van der Waals surface area contributed by atoms with Gasteiger partial charge in [-0.1, -0.05) is 23.7 Å². The average Bonchev–Trinajstić information content (AvgIpc) is 2.49. The van der Waals surface area contributed by atoms with E-state index in [2.05, 4.69) is 15.6 Å². The van der Waals surface area contributed by atoms with E-state index >= 15 is 0 Å². The van der Waals surface area contributed by atoms with Crippen molar-refractivity contribution >= 4 is 23.2 Å². The molecule has 1 atom stereocenters. The number of benzene rings is 1. The van der Waals surface area contributed by atoms with Crippen LogP contribution in [-0.4, -0.2) is 17.4 Å². The molecule has 0 aliphatic rings. The van der Waals surface area contributed by atoms with Crippen molar-refractivity contribution in [2.45, 2.75) is 19.9 Å². The molecule has 0 radical (unpaired) electrons. The quantitative estimate of drug-likeness (QED) is 0.891. The maximum atomic E-state index is 12.0. The van der Waals surface area contributed by atoms with Crippen LogP contribution in [0, 0.1) is 6.92 Å². The summed E-state index contributed by atoms with van der Waals surface area (Å²) in [6.07, 6.45) is 3.52. The zero-order chi connectivity index (χ0) is 15.2. The summed E-state index contributed by atoms with van der Waals surface area (Å²) in [6.45, 7) is 4.15. The Kier molecular flexibility index (Phi) is 5.31. The number of carbonyl (C=O) groups excluding carboxylic acids is 1. The number of rotatable bonds is 5. The lowest BCUT2D eigenvalue weighted by molar-refractivity contribution is -0.115. The van der Waals surface area contributed by atoms with E-state index in [0.717, 1.165) is 16.8 Å². The van der Waals surface area contributed by atoms with Gasteiger partial charge in [0.1, 0.15) is 0 Å². The van der Waals surface area contributed by atoms with Gasteiger partial charge in [0, 0.05) is 29.1 Å². The minimum atomic E-state index is -0.101. The molecule has 0 bridgehead atoms. The summed E-state index contributed by atoms with van der Waals surface area (Å²) in [5, 5.41) is 6.63. The van der Waals surface area contributed by atoms with Gasteiger partial charge in [-0.2, -0.15) is 0 Å². The van der Waals surface area contributed by atoms with E-state index < -0.39 is 0 Å². The van der Waals surface area contributed by atoms with E-state index in [0.29, 0.717) is 5.02 Å². The van der Waals surface area contributed by atoms with Gasteiger partial charge in [0.25, 0.3) is 0 Å². The predicted octanol–water partition coefficient (Wildman–Crippen LogP) is 3.33. The highest BCUT2D eigenvalue weighted by Gasteiger charge is 2.09. The van der Waals surface area contributed by atoms with Crippen LogP contribution >= 0.6 is 11.6 Å². The molecule has 0 fully saturated rings. The predicted molar refractivity (Wildman–Crippen MR) is 85.5 cm³/mol. The number of hydrogen-bond donors (Lipinski definition) is 2. The van der Waals surface area contributed by atoms with Crippen LogP contribution in [0.1, 0.15) is 24.1 Å². The number of carbonyl (C=O) groups is 1. The first kappa shape index (κ1) is 15.5. The first-order chi connectivity index (χ1) is 10.1. The minimum Gasteiger partial charge on any atom is -0.325 e. The molecule has 110 valence electrons. The zero-order valence-corrected chi connectivity index (χ0v) is 12.8. The monoisotopic (exact) mass is 303 g/mol. The Bertz CT molecular complexity index is 616. The number of anilines is 1. The molecule has 0 saturated carbocycles. The van der Waals surface area contributed by atoms with E-state index in [4.69, 9.17) is 11.6 Å². The van der Waals surface area contributed by atoms with Crippen molar-refractivity contribution in [3.8, 4) is 0 Å². The van der Waals surface area contributed by atoms with Crippen LogP contribution in [0.3, 0.4) is 0 Å². The molecule has 1 aromatic heterocycles. The number of nitrogens with zero attached hydrogens (tertiary/aromatic N) is 1. The second-order valence-corrected chi connectivity index (χ2v) is 5.33. The lowest BCUT2D eigenvalue weighted by atomic mass is 10.1. The van der Waals surface area contributed by atoms with Crippen molar-refractivity contribution in [1.82, 2.24) is 10.3 Å². The summed E-state index contributed by atoms with van der Waals surface area (Å²) < 4.78 is 0. The number of halogens is 1. The van der Waals surface area contributed by atoms with Gasteiger partial charge in [0.2, 0.25) is 5.91 Å². The third-order valence-corrected chi connectivity index (χ3v) is 3.46. The van der Waals surface area contributed by atoms with Crippen LogP contribution in [0.2, 0.25) is 5.02 Å². The van der Waals surface area contributed by atoms with Crippen LogP contribution in [0.25, 0.3) is 0 Å². The second kappa shape index (κ2) is 7.20. The molecule has 0 unspecified atom stereocenters. The van der Waals surface area contributed by atoms with E-state index in [1.165, 1.54) is 0 Å². The number of pyridine rings is 1. The number of amides is 1. The van der Waals surface area contributed by atoms with Crippen molar-refractivity contribution < 1.29 is 4.79 Å². The fraction of sp³-hybridized carbons (Fsp3) is 0.250. The van der Waals surface area contributed by atoms with Crippen LogP contribution in [0.4, 0.5) is 5.69 Å². The number of nitrogens with one attached hydrogen (secondary N) is 2. The lowest BCUT2D eigenvalue weighted by Crippen LogP contribution is -2.30. The van der Waals surface area contributed by atoms with Gasteiger partial charge in [-0.25, -0.2) is 0 Å². The summed E-state index contributed by atoms with van der Waals surface area (Å²) in [4.78, 5) is 16.0. The van der Waals surface area contributed by atoms with E-state index in [-0.39, 0.29) is 18.5 Å². The Morgan fingerprint density at radius 1 is 1.38 bits per heavy atom. The molecular formula is C16H18ClN3O. The summed E-state index contributed by atoms with van der Waals surface area (Å²) in [5.74, 6) is -0.101. The Labute approximate surface area is 129 Å². The zero-order valence-electron chi connectivity index (χ0n) is 12.1. The molecule has 0 aliphatic carbocycles. The highest BCUT2D eigenvalue weighted by atomic mass is 35.5. The van der Waals surface area contributed by atoms with Crippen LogP contribution in [0.15, 0.2) is 42.7 Å². The third-order valence-electron chi connectivity index (χ3n) is 3.23.